The molecule has 6 nitrogen and oxygen atoms in total. The minimum Gasteiger partial charge on any atom is -0.480 e. The van der Waals surface area contributed by atoms with E-state index in [0.29, 0.717) is 19.5 Å². The Balaban J connectivity index is 2.71. The van der Waals surface area contributed by atoms with Crippen LogP contribution in [0.3, 0.4) is 0 Å². The fraction of sp³-hybridized carbons (Fsp3) is 0.846. The molecule has 0 spiro atoms. The number of urea groups is 1. The van der Waals surface area contributed by atoms with Crippen molar-refractivity contribution in [2.45, 2.75) is 45.1 Å². The van der Waals surface area contributed by atoms with Gasteiger partial charge in [-0.25, -0.2) is 9.59 Å². The molecule has 1 atom stereocenters. The number of hydrogen-bond donors (Lipinski definition) is 2. The van der Waals surface area contributed by atoms with E-state index < -0.39 is 12.0 Å². The van der Waals surface area contributed by atoms with E-state index in [1.165, 1.54) is 4.90 Å². The van der Waals surface area contributed by atoms with Crippen molar-refractivity contribution < 1.29 is 19.8 Å². The number of aliphatic carboxylic acids is 1. The van der Waals surface area contributed by atoms with Gasteiger partial charge in [-0.1, -0.05) is 13.3 Å². The van der Waals surface area contributed by atoms with Gasteiger partial charge in [-0.15, -0.1) is 0 Å². The maximum atomic E-state index is 12.4. The second kappa shape index (κ2) is 7.99. The summed E-state index contributed by atoms with van der Waals surface area (Å²) >= 11 is 0. The molecule has 1 aliphatic rings. The van der Waals surface area contributed by atoms with Crippen LogP contribution in [0, 0.1) is 0 Å². The molecular weight excluding hydrogens is 248 g/mol. The number of piperidine rings is 1. The number of likely N-dealkylation sites (tertiary alicyclic amines) is 1. The van der Waals surface area contributed by atoms with Crippen LogP contribution < -0.4 is 0 Å². The zero-order valence-corrected chi connectivity index (χ0v) is 11.5. The summed E-state index contributed by atoms with van der Waals surface area (Å²) in [4.78, 5) is 26.6. The second-order valence-corrected chi connectivity index (χ2v) is 4.89. The van der Waals surface area contributed by atoms with Crippen LogP contribution in [0.2, 0.25) is 0 Å². The van der Waals surface area contributed by atoms with E-state index in [1.807, 2.05) is 6.92 Å². The minimum atomic E-state index is -0.938. The van der Waals surface area contributed by atoms with Gasteiger partial charge in [-0.05, 0) is 25.7 Å². The lowest BCUT2D eigenvalue weighted by Gasteiger charge is -2.36. The molecule has 1 aliphatic heterocycles. The van der Waals surface area contributed by atoms with Gasteiger partial charge in [0, 0.05) is 19.6 Å². The quantitative estimate of drug-likeness (QED) is 0.759. The fourth-order valence-electron chi connectivity index (χ4n) is 2.37. The van der Waals surface area contributed by atoms with Crippen molar-refractivity contribution in [3.05, 3.63) is 0 Å². The van der Waals surface area contributed by atoms with E-state index in [-0.39, 0.29) is 19.2 Å². The first-order chi connectivity index (χ1) is 9.11. The zero-order chi connectivity index (χ0) is 14.3. The van der Waals surface area contributed by atoms with Crippen molar-refractivity contribution in [2.24, 2.45) is 0 Å². The van der Waals surface area contributed by atoms with Crippen LogP contribution in [0.25, 0.3) is 0 Å². The largest absolute Gasteiger partial charge is 0.480 e. The van der Waals surface area contributed by atoms with Crippen LogP contribution in [-0.4, -0.2) is 64.3 Å². The highest BCUT2D eigenvalue weighted by molar-refractivity contribution is 5.83. The summed E-state index contributed by atoms with van der Waals surface area (Å²) in [5.74, 6) is -0.938. The molecule has 0 aliphatic carbocycles. The first-order valence-electron chi connectivity index (χ1n) is 7.01. The number of carboxylic acids is 1. The third kappa shape index (κ3) is 4.38. The van der Waals surface area contributed by atoms with Crippen LogP contribution in [0.5, 0.6) is 0 Å². The van der Waals surface area contributed by atoms with Gasteiger partial charge in [0.2, 0.25) is 0 Å². The standard InChI is InChI=1S/C13H24N2O4/c1-2-3-7-14(9-10-16)13(19)15-8-5-4-6-11(15)12(17)18/h11,16H,2-10H2,1H3,(H,17,18). The number of amides is 2. The van der Waals surface area contributed by atoms with Crippen LogP contribution in [0.4, 0.5) is 4.79 Å². The summed E-state index contributed by atoms with van der Waals surface area (Å²) in [6.07, 6.45) is 4.02. The number of aliphatic hydroxyl groups is 1. The van der Waals surface area contributed by atoms with Gasteiger partial charge >= 0.3 is 12.0 Å². The third-order valence-electron chi connectivity index (χ3n) is 3.46. The molecule has 0 aromatic rings. The molecule has 0 radical (unpaired) electrons. The molecule has 2 N–H and O–H groups in total. The highest BCUT2D eigenvalue weighted by atomic mass is 16.4. The van der Waals surface area contributed by atoms with Gasteiger partial charge in [-0.3, -0.25) is 0 Å². The summed E-state index contributed by atoms with van der Waals surface area (Å²) in [5, 5.41) is 18.2. The van der Waals surface area contributed by atoms with Gasteiger partial charge in [0.05, 0.1) is 6.61 Å². The lowest BCUT2D eigenvalue weighted by molar-refractivity contribution is -0.143. The van der Waals surface area contributed by atoms with Crippen LogP contribution in [0.1, 0.15) is 39.0 Å². The molecule has 1 saturated heterocycles. The molecule has 0 bridgehead atoms. The summed E-state index contributed by atoms with van der Waals surface area (Å²) in [5.41, 5.74) is 0. The van der Waals surface area contributed by atoms with Crippen LogP contribution >= 0.6 is 0 Å². The number of hydrogen-bond acceptors (Lipinski definition) is 3. The summed E-state index contributed by atoms with van der Waals surface area (Å²) < 4.78 is 0. The Labute approximate surface area is 114 Å². The fourth-order valence-corrected chi connectivity index (χ4v) is 2.37. The first kappa shape index (κ1) is 15.8. The Hall–Kier alpha value is -1.30. The highest BCUT2D eigenvalue weighted by Crippen LogP contribution is 2.19. The predicted molar refractivity (Wildman–Crippen MR) is 70.9 cm³/mol. The number of aliphatic hydroxyl groups excluding tert-OH is 1. The average Bonchev–Trinajstić information content (AvgIpc) is 2.42. The van der Waals surface area contributed by atoms with E-state index in [2.05, 4.69) is 0 Å². The number of carbonyl (C=O) groups excluding carboxylic acids is 1. The van der Waals surface area contributed by atoms with E-state index in [1.54, 1.807) is 4.90 Å². The maximum absolute atomic E-state index is 12.4. The molecule has 19 heavy (non-hydrogen) atoms. The second-order valence-electron chi connectivity index (χ2n) is 4.89. The molecule has 0 aromatic heterocycles. The van der Waals surface area contributed by atoms with Gasteiger partial charge in [-0.2, -0.15) is 0 Å². The predicted octanol–water partition coefficient (Wildman–Crippen LogP) is 1.14. The van der Waals surface area contributed by atoms with E-state index in [4.69, 9.17) is 5.11 Å². The molecule has 6 heteroatoms. The van der Waals surface area contributed by atoms with Crippen molar-refractivity contribution in [3.63, 3.8) is 0 Å². The van der Waals surface area contributed by atoms with Gasteiger partial charge in [0.25, 0.3) is 0 Å². The number of carboxylic acid groups (broad SMARTS) is 1. The Morgan fingerprint density at radius 1 is 1.32 bits per heavy atom. The third-order valence-corrected chi connectivity index (χ3v) is 3.46. The first-order valence-corrected chi connectivity index (χ1v) is 7.01. The number of nitrogens with zero attached hydrogens (tertiary/aromatic N) is 2. The average molecular weight is 272 g/mol. The topological polar surface area (TPSA) is 81.1 Å². The number of unbranched alkanes of at least 4 members (excludes halogenated alkanes) is 1. The van der Waals surface area contributed by atoms with E-state index in [9.17, 15) is 14.7 Å². The minimum absolute atomic E-state index is 0.0962. The molecule has 0 saturated carbocycles. The van der Waals surface area contributed by atoms with Gasteiger partial charge < -0.3 is 20.0 Å². The van der Waals surface area contributed by atoms with Crippen LogP contribution in [0.15, 0.2) is 0 Å². The number of rotatable bonds is 6. The molecule has 110 valence electrons. The van der Waals surface area contributed by atoms with E-state index in [0.717, 1.165) is 25.7 Å². The normalized spacial score (nSPS) is 19.3. The monoisotopic (exact) mass is 272 g/mol. The Morgan fingerprint density at radius 3 is 2.63 bits per heavy atom. The number of carbonyl (C=O) groups is 2. The molecular formula is C13H24N2O4. The van der Waals surface area contributed by atoms with Crippen LogP contribution in [-0.2, 0) is 4.79 Å². The van der Waals surface area contributed by atoms with Crippen molar-refractivity contribution in [1.82, 2.24) is 9.80 Å². The van der Waals surface area contributed by atoms with Crippen molar-refractivity contribution in [1.29, 1.82) is 0 Å². The van der Waals surface area contributed by atoms with Crippen molar-refractivity contribution in [2.75, 3.05) is 26.2 Å². The molecule has 2 amide bonds. The van der Waals surface area contributed by atoms with Gasteiger partial charge in [0.15, 0.2) is 0 Å². The molecule has 0 aromatic carbocycles. The van der Waals surface area contributed by atoms with Crippen molar-refractivity contribution >= 4 is 12.0 Å². The molecule has 1 unspecified atom stereocenters. The smallest absolute Gasteiger partial charge is 0.326 e. The summed E-state index contributed by atoms with van der Waals surface area (Å²) in [6, 6.07) is -0.973. The summed E-state index contributed by atoms with van der Waals surface area (Å²) in [6.45, 7) is 3.26. The molecule has 1 rings (SSSR count). The lowest BCUT2D eigenvalue weighted by atomic mass is 10.0. The van der Waals surface area contributed by atoms with Gasteiger partial charge in [0.1, 0.15) is 6.04 Å². The Bertz CT molecular complexity index is 309. The van der Waals surface area contributed by atoms with E-state index >= 15 is 0 Å². The lowest BCUT2D eigenvalue weighted by Crippen LogP contribution is -2.53. The Morgan fingerprint density at radius 2 is 2.05 bits per heavy atom. The molecule has 1 fully saturated rings. The maximum Gasteiger partial charge on any atom is 0.326 e. The van der Waals surface area contributed by atoms with Crippen molar-refractivity contribution in [3.8, 4) is 0 Å². The zero-order valence-electron chi connectivity index (χ0n) is 11.5. The highest BCUT2D eigenvalue weighted by Gasteiger charge is 2.33. The Kier molecular flexibility index (Phi) is 6.62. The SMILES string of the molecule is CCCCN(CCO)C(=O)N1CCCCC1C(=O)O. The summed E-state index contributed by atoms with van der Waals surface area (Å²) in [7, 11) is 0. The molecule has 1 heterocycles.